The number of nitrogens with zero attached hydrogens (tertiary/aromatic N) is 1. The summed E-state index contributed by atoms with van der Waals surface area (Å²) in [5.74, 6) is -0.687. The summed E-state index contributed by atoms with van der Waals surface area (Å²) in [6.45, 7) is 0.234. The molecule has 0 radical (unpaired) electrons. The lowest BCUT2D eigenvalue weighted by Crippen LogP contribution is -2.26. The van der Waals surface area contributed by atoms with Crippen LogP contribution in [0.4, 0.5) is 4.39 Å². The number of ether oxygens (including phenoxy) is 1. The Morgan fingerprint density at radius 2 is 2.05 bits per heavy atom. The lowest BCUT2D eigenvalue weighted by atomic mass is 10.1. The predicted molar refractivity (Wildman–Crippen MR) is 81.9 cm³/mol. The highest BCUT2D eigenvalue weighted by Crippen LogP contribution is 2.24. The van der Waals surface area contributed by atoms with Crippen molar-refractivity contribution in [3.63, 3.8) is 0 Å². The lowest BCUT2D eigenvalue weighted by Gasteiger charge is -2.18. The number of benzene rings is 2. The van der Waals surface area contributed by atoms with Crippen molar-refractivity contribution in [2.45, 2.75) is 6.54 Å². The Balaban J connectivity index is 2.14. The van der Waals surface area contributed by atoms with Gasteiger partial charge in [-0.1, -0.05) is 17.7 Å². The molecule has 0 saturated carbocycles. The van der Waals surface area contributed by atoms with E-state index in [0.717, 1.165) is 0 Å². The molecular weight excluding hydrogens is 309 g/mol. The van der Waals surface area contributed by atoms with Gasteiger partial charge in [-0.2, -0.15) is 0 Å². The Kier molecular flexibility index (Phi) is 4.88. The molecule has 2 aromatic rings. The number of carbonyl (C=O) groups is 1. The Morgan fingerprint density at radius 3 is 2.64 bits per heavy atom. The van der Waals surface area contributed by atoms with E-state index in [0.29, 0.717) is 11.1 Å². The minimum atomic E-state index is -0.478. The fourth-order valence-electron chi connectivity index (χ4n) is 2.01. The largest absolute Gasteiger partial charge is 0.506 e. The number of halogens is 2. The van der Waals surface area contributed by atoms with Crippen LogP contribution in [0.2, 0.25) is 5.02 Å². The van der Waals surface area contributed by atoms with Crippen molar-refractivity contribution in [2.24, 2.45) is 0 Å². The standard InChI is InChI=1S/C16H15ClFNO3/c1-19(9-10-3-6-15(22-2)13(18)7-10)16(21)11-4-5-14(20)12(17)8-11/h3-8,20H,9H2,1-2H3. The molecule has 0 atom stereocenters. The van der Waals surface area contributed by atoms with Crippen LogP contribution in [0.15, 0.2) is 36.4 Å². The number of rotatable bonds is 4. The van der Waals surface area contributed by atoms with E-state index in [2.05, 4.69) is 0 Å². The molecule has 2 rings (SSSR count). The zero-order valence-corrected chi connectivity index (χ0v) is 12.9. The SMILES string of the molecule is COc1ccc(CN(C)C(=O)c2ccc(O)c(Cl)c2)cc1F. The number of phenolic OH excluding ortho intramolecular Hbond substituents is 1. The number of phenols is 1. The molecule has 1 N–H and O–H groups in total. The highest BCUT2D eigenvalue weighted by molar-refractivity contribution is 6.32. The number of methoxy groups -OCH3 is 1. The average molecular weight is 324 g/mol. The smallest absolute Gasteiger partial charge is 0.253 e. The average Bonchev–Trinajstić information content (AvgIpc) is 2.49. The Morgan fingerprint density at radius 1 is 1.32 bits per heavy atom. The summed E-state index contributed by atoms with van der Waals surface area (Å²) in [5.41, 5.74) is 0.985. The van der Waals surface area contributed by atoms with E-state index in [4.69, 9.17) is 16.3 Å². The minimum Gasteiger partial charge on any atom is -0.506 e. The summed E-state index contributed by atoms with van der Waals surface area (Å²) in [5, 5.41) is 9.48. The number of amides is 1. The molecule has 22 heavy (non-hydrogen) atoms. The summed E-state index contributed by atoms with van der Waals surface area (Å²) >= 11 is 5.79. The predicted octanol–water partition coefficient (Wildman–Crippen LogP) is 3.47. The molecule has 116 valence electrons. The van der Waals surface area contributed by atoms with Crippen LogP contribution in [0.3, 0.4) is 0 Å². The maximum atomic E-state index is 13.6. The van der Waals surface area contributed by atoms with Gasteiger partial charge in [0.1, 0.15) is 5.75 Å². The second kappa shape index (κ2) is 6.66. The number of hydrogen-bond donors (Lipinski definition) is 1. The maximum Gasteiger partial charge on any atom is 0.253 e. The molecule has 0 aliphatic heterocycles. The summed E-state index contributed by atoms with van der Waals surface area (Å²) < 4.78 is 18.5. The number of hydrogen-bond acceptors (Lipinski definition) is 3. The zero-order valence-electron chi connectivity index (χ0n) is 12.1. The highest BCUT2D eigenvalue weighted by Gasteiger charge is 2.14. The van der Waals surface area contributed by atoms with Crippen LogP contribution in [-0.2, 0) is 6.54 Å². The van der Waals surface area contributed by atoms with Gasteiger partial charge in [0.2, 0.25) is 0 Å². The van der Waals surface area contributed by atoms with Gasteiger partial charge in [0.05, 0.1) is 12.1 Å². The minimum absolute atomic E-state index is 0.0851. The molecule has 1 amide bonds. The maximum absolute atomic E-state index is 13.6. The summed E-state index contributed by atoms with van der Waals surface area (Å²) in [6.07, 6.45) is 0. The van der Waals surface area contributed by atoms with E-state index in [-0.39, 0.29) is 29.0 Å². The number of aromatic hydroxyl groups is 1. The van der Waals surface area contributed by atoms with Crippen molar-refractivity contribution in [2.75, 3.05) is 14.2 Å². The van der Waals surface area contributed by atoms with E-state index >= 15 is 0 Å². The van der Waals surface area contributed by atoms with Gasteiger partial charge >= 0.3 is 0 Å². The van der Waals surface area contributed by atoms with E-state index in [1.807, 2.05) is 0 Å². The molecule has 0 spiro atoms. The normalized spacial score (nSPS) is 10.4. The first-order valence-electron chi connectivity index (χ1n) is 6.48. The van der Waals surface area contributed by atoms with Crippen LogP contribution in [0.1, 0.15) is 15.9 Å². The molecule has 0 aliphatic carbocycles. The summed E-state index contributed by atoms with van der Waals surface area (Å²) in [7, 11) is 2.99. The van der Waals surface area contributed by atoms with Gasteiger partial charge < -0.3 is 14.7 Å². The van der Waals surface area contributed by atoms with Crippen LogP contribution >= 0.6 is 11.6 Å². The molecule has 0 saturated heterocycles. The molecule has 4 nitrogen and oxygen atoms in total. The molecule has 0 heterocycles. The van der Waals surface area contributed by atoms with E-state index in [1.165, 1.54) is 42.3 Å². The van der Waals surface area contributed by atoms with Crippen molar-refractivity contribution in [3.8, 4) is 11.5 Å². The Hall–Kier alpha value is -2.27. The molecular formula is C16H15ClFNO3. The molecule has 0 aromatic heterocycles. The van der Waals surface area contributed by atoms with Crippen molar-refractivity contribution in [1.82, 2.24) is 4.90 Å². The quantitative estimate of drug-likeness (QED) is 0.937. The van der Waals surface area contributed by atoms with E-state index in [9.17, 15) is 14.3 Å². The second-order valence-electron chi connectivity index (χ2n) is 4.80. The van der Waals surface area contributed by atoms with Gasteiger partial charge in [0, 0.05) is 19.2 Å². The molecule has 6 heteroatoms. The van der Waals surface area contributed by atoms with Crippen LogP contribution in [0.25, 0.3) is 0 Å². The van der Waals surface area contributed by atoms with Gasteiger partial charge in [-0.15, -0.1) is 0 Å². The third-order valence-electron chi connectivity index (χ3n) is 3.18. The summed E-state index contributed by atoms with van der Waals surface area (Å²) in [4.78, 5) is 13.7. The van der Waals surface area contributed by atoms with Gasteiger partial charge in [-0.05, 0) is 35.9 Å². The van der Waals surface area contributed by atoms with Crippen molar-refractivity contribution in [3.05, 3.63) is 58.4 Å². The summed E-state index contributed by atoms with van der Waals surface area (Å²) in [6, 6.07) is 8.76. The second-order valence-corrected chi connectivity index (χ2v) is 5.20. The van der Waals surface area contributed by atoms with Crippen LogP contribution in [0, 0.1) is 5.82 Å². The van der Waals surface area contributed by atoms with Crippen molar-refractivity contribution < 1.29 is 19.0 Å². The molecule has 0 unspecified atom stereocenters. The fraction of sp³-hybridized carbons (Fsp3) is 0.188. The zero-order chi connectivity index (χ0) is 16.3. The number of carbonyl (C=O) groups excluding carboxylic acids is 1. The van der Waals surface area contributed by atoms with Gasteiger partial charge in [0.25, 0.3) is 5.91 Å². The van der Waals surface area contributed by atoms with Crippen molar-refractivity contribution in [1.29, 1.82) is 0 Å². The third-order valence-corrected chi connectivity index (χ3v) is 3.48. The van der Waals surface area contributed by atoms with Gasteiger partial charge in [-0.3, -0.25) is 4.79 Å². The van der Waals surface area contributed by atoms with Crippen LogP contribution < -0.4 is 4.74 Å². The van der Waals surface area contributed by atoms with E-state index in [1.54, 1.807) is 13.1 Å². The fourth-order valence-corrected chi connectivity index (χ4v) is 2.19. The molecule has 0 aliphatic rings. The first kappa shape index (κ1) is 16.1. The molecule has 0 fully saturated rings. The van der Waals surface area contributed by atoms with Gasteiger partial charge in [-0.25, -0.2) is 4.39 Å². The van der Waals surface area contributed by atoms with Crippen molar-refractivity contribution >= 4 is 17.5 Å². The highest BCUT2D eigenvalue weighted by atomic mass is 35.5. The molecule has 2 aromatic carbocycles. The Labute approximate surface area is 132 Å². The topological polar surface area (TPSA) is 49.8 Å². The first-order chi connectivity index (χ1) is 10.4. The van der Waals surface area contributed by atoms with Crippen LogP contribution in [-0.4, -0.2) is 30.1 Å². The van der Waals surface area contributed by atoms with Crippen LogP contribution in [0.5, 0.6) is 11.5 Å². The lowest BCUT2D eigenvalue weighted by molar-refractivity contribution is 0.0785. The first-order valence-corrected chi connectivity index (χ1v) is 6.86. The third kappa shape index (κ3) is 3.49. The molecule has 0 bridgehead atoms. The Bertz CT molecular complexity index is 706. The van der Waals surface area contributed by atoms with Gasteiger partial charge in [0.15, 0.2) is 11.6 Å². The van der Waals surface area contributed by atoms with E-state index < -0.39 is 5.82 Å². The monoisotopic (exact) mass is 323 g/mol.